The molecular formula is C15H16BrClN2OS. The maximum absolute atomic E-state index is 6.08. The van der Waals surface area contributed by atoms with Crippen molar-refractivity contribution in [3.8, 4) is 5.75 Å². The molecule has 0 aliphatic heterocycles. The molecule has 0 saturated carbocycles. The fourth-order valence-electron chi connectivity index (χ4n) is 1.94. The molecule has 3 nitrogen and oxygen atoms in total. The van der Waals surface area contributed by atoms with Crippen LogP contribution in [-0.2, 0) is 0 Å². The van der Waals surface area contributed by atoms with Gasteiger partial charge in [0.2, 0.25) is 0 Å². The molecule has 0 bridgehead atoms. The molecule has 2 aromatic rings. The van der Waals surface area contributed by atoms with Crippen LogP contribution < -0.4 is 16.0 Å². The number of hydrogen-bond acceptors (Lipinski definition) is 4. The zero-order valence-corrected chi connectivity index (χ0v) is 14.6. The van der Waals surface area contributed by atoms with Gasteiger partial charge in [-0.3, -0.25) is 11.3 Å². The minimum absolute atomic E-state index is 0.0531. The highest BCUT2D eigenvalue weighted by molar-refractivity contribution is 9.10. The van der Waals surface area contributed by atoms with Gasteiger partial charge in [0.25, 0.3) is 0 Å². The number of hydrazine groups is 1. The Hall–Kier alpha value is -0.720. The monoisotopic (exact) mass is 386 g/mol. The smallest absolute Gasteiger partial charge is 0.123 e. The first-order valence-electron chi connectivity index (χ1n) is 6.32. The van der Waals surface area contributed by atoms with E-state index >= 15 is 0 Å². The molecule has 0 fully saturated rings. The molecule has 0 amide bonds. The predicted molar refractivity (Wildman–Crippen MR) is 92.9 cm³/mol. The van der Waals surface area contributed by atoms with Crippen molar-refractivity contribution in [3.63, 3.8) is 0 Å². The van der Waals surface area contributed by atoms with Gasteiger partial charge < -0.3 is 4.74 Å². The number of thioether (sulfide) groups is 1. The van der Waals surface area contributed by atoms with Crippen molar-refractivity contribution in [2.24, 2.45) is 5.84 Å². The summed E-state index contributed by atoms with van der Waals surface area (Å²) in [6.45, 7) is 0. The van der Waals surface area contributed by atoms with E-state index in [4.69, 9.17) is 22.2 Å². The normalized spacial score (nSPS) is 12.2. The van der Waals surface area contributed by atoms with Gasteiger partial charge in [0, 0.05) is 25.7 Å². The van der Waals surface area contributed by atoms with Crippen molar-refractivity contribution in [3.05, 3.63) is 57.5 Å². The van der Waals surface area contributed by atoms with E-state index in [0.717, 1.165) is 21.5 Å². The molecule has 0 aromatic heterocycles. The maximum atomic E-state index is 6.08. The summed E-state index contributed by atoms with van der Waals surface area (Å²) in [6, 6.07) is 13.6. The molecule has 0 spiro atoms. The molecule has 21 heavy (non-hydrogen) atoms. The Morgan fingerprint density at radius 2 is 2.14 bits per heavy atom. The van der Waals surface area contributed by atoms with Crippen molar-refractivity contribution >= 4 is 39.3 Å². The first kappa shape index (κ1) is 16.6. The number of halogens is 2. The fourth-order valence-corrected chi connectivity index (χ4v) is 3.69. The molecule has 3 N–H and O–H groups in total. The summed E-state index contributed by atoms with van der Waals surface area (Å²) >= 11 is 11.3. The first-order valence-corrected chi connectivity index (χ1v) is 8.47. The molecule has 1 unspecified atom stereocenters. The van der Waals surface area contributed by atoms with Gasteiger partial charge in [0.15, 0.2) is 0 Å². The summed E-state index contributed by atoms with van der Waals surface area (Å²) in [5, 5.41) is 0.665. The minimum atomic E-state index is -0.0531. The third-order valence-electron chi connectivity index (χ3n) is 2.98. The van der Waals surface area contributed by atoms with E-state index < -0.39 is 0 Å². The van der Waals surface area contributed by atoms with Crippen LogP contribution >= 0.6 is 39.3 Å². The van der Waals surface area contributed by atoms with E-state index in [9.17, 15) is 0 Å². The maximum Gasteiger partial charge on any atom is 0.123 e. The Morgan fingerprint density at radius 1 is 1.33 bits per heavy atom. The second-order valence-electron chi connectivity index (χ2n) is 4.37. The van der Waals surface area contributed by atoms with Crippen molar-refractivity contribution in [2.45, 2.75) is 10.9 Å². The van der Waals surface area contributed by atoms with Gasteiger partial charge in [-0.2, -0.15) is 0 Å². The zero-order chi connectivity index (χ0) is 15.2. The molecule has 2 aromatic carbocycles. The van der Waals surface area contributed by atoms with E-state index in [1.165, 1.54) is 4.90 Å². The zero-order valence-electron chi connectivity index (χ0n) is 11.5. The molecule has 1 atom stereocenters. The molecular weight excluding hydrogens is 372 g/mol. The van der Waals surface area contributed by atoms with E-state index in [-0.39, 0.29) is 6.04 Å². The molecule has 6 heteroatoms. The summed E-state index contributed by atoms with van der Waals surface area (Å²) in [5.41, 5.74) is 3.79. The highest BCUT2D eigenvalue weighted by Gasteiger charge is 2.16. The number of hydrogen-bond donors (Lipinski definition) is 2. The van der Waals surface area contributed by atoms with Crippen LogP contribution in [0.25, 0.3) is 0 Å². The van der Waals surface area contributed by atoms with Gasteiger partial charge in [0.1, 0.15) is 5.75 Å². The number of rotatable bonds is 6. The van der Waals surface area contributed by atoms with Gasteiger partial charge in [-0.15, -0.1) is 11.8 Å². The van der Waals surface area contributed by atoms with E-state index in [2.05, 4.69) is 33.5 Å². The Balaban J connectivity index is 2.15. The van der Waals surface area contributed by atoms with Crippen LogP contribution in [-0.4, -0.2) is 12.9 Å². The van der Waals surface area contributed by atoms with Crippen LogP contribution in [0.4, 0.5) is 0 Å². The third kappa shape index (κ3) is 4.63. The van der Waals surface area contributed by atoms with Crippen molar-refractivity contribution < 1.29 is 4.74 Å². The standard InChI is InChI=1S/C15H16BrClN2OS/c1-20-15-6-5-11(17)8-13(15)14(19-18)9-21-12-4-2-3-10(16)7-12/h2-8,14,19H,9,18H2,1H3. The molecule has 0 heterocycles. The summed E-state index contributed by atoms with van der Waals surface area (Å²) in [7, 11) is 1.64. The average Bonchev–Trinajstić information content (AvgIpc) is 2.48. The van der Waals surface area contributed by atoms with Crippen LogP contribution in [0.15, 0.2) is 51.8 Å². The summed E-state index contributed by atoms with van der Waals surface area (Å²) in [4.78, 5) is 1.17. The second-order valence-corrected chi connectivity index (χ2v) is 6.82. The molecule has 2 rings (SSSR count). The van der Waals surface area contributed by atoms with Crippen molar-refractivity contribution in [2.75, 3.05) is 12.9 Å². The van der Waals surface area contributed by atoms with Crippen LogP contribution in [0.5, 0.6) is 5.75 Å². The van der Waals surface area contributed by atoms with E-state index in [1.807, 2.05) is 24.3 Å². The first-order chi connectivity index (χ1) is 10.1. The molecule has 0 saturated heterocycles. The number of methoxy groups -OCH3 is 1. The van der Waals surface area contributed by atoms with Gasteiger partial charge in [-0.25, -0.2) is 0 Å². The number of nitrogens with one attached hydrogen (secondary N) is 1. The predicted octanol–water partition coefficient (Wildman–Crippen LogP) is 4.41. The van der Waals surface area contributed by atoms with Gasteiger partial charge >= 0.3 is 0 Å². The van der Waals surface area contributed by atoms with Gasteiger partial charge in [0.05, 0.1) is 13.2 Å². The third-order valence-corrected chi connectivity index (χ3v) is 4.80. The van der Waals surface area contributed by atoms with E-state index in [0.29, 0.717) is 5.02 Å². The van der Waals surface area contributed by atoms with Crippen molar-refractivity contribution in [1.29, 1.82) is 0 Å². The SMILES string of the molecule is COc1ccc(Cl)cc1C(CSc1cccc(Br)c1)NN. The largest absolute Gasteiger partial charge is 0.496 e. The van der Waals surface area contributed by atoms with Crippen molar-refractivity contribution in [1.82, 2.24) is 5.43 Å². The van der Waals surface area contributed by atoms with E-state index in [1.54, 1.807) is 24.9 Å². The highest BCUT2D eigenvalue weighted by Crippen LogP contribution is 2.32. The van der Waals surface area contributed by atoms with Crippen LogP contribution in [0.3, 0.4) is 0 Å². The summed E-state index contributed by atoms with van der Waals surface area (Å²) < 4.78 is 6.44. The molecule has 0 radical (unpaired) electrons. The van der Waals surface area contributed by atoms with Crippen LogP contribution in [0.2, 0.25) is 5.02 Å². The lowest BCUT2D eigenvalue weighted by molar-refractivity contribution is 0.403. The summed E-state index contributed by atoms with van der Waals surface area (Å²) in [5.74, 6) is 7.24. The Morgan fingerprint density at radius 3 is 2.81 bits per heavy atom. The number of nitrogens with two attached hydrogens (primary N) is 1. The lowest BCUT2D eigenvalue weighted by atomic mass is 10.1. The highest BCUT2D eigenvalue weighted by atomic mass is 79.9. The molecule has 112 valence electrons. The topological polar surface area (TPSA) is 47.3 Å². The van der Waals surface area contributed by atoms with Gasteiger partial charge in [-0.05, 0) is 36.4 Å². The Kier molecular flexibility index (Phi) is 6.39. The Labute approximate surface area is 142 Å². The average molecular weight is 388 g/mol. The summed E-state index contributed by atoms with van der Waals surface area (Å²) in [6.07, 6.45) is 0. The van der Waals surface area contributed by atoms with Gasteiger partial charge in [-0.1, -0.05) is 33.6 Å². The van der Waals surface area contributed by atoms with Crippen LogP contribution in [0, 0.1) is 0 Å². The number of ether oxygens (including phenoxy) is 1. The molecule has 0 aliphatic carbocycles. The lowest BCUT2D eigenvalue weighted by Crippen LogP contribution is -2.30. The quantitative estimate of drug-likeness (QED) is 0.438. The Bertz CT molecular complexity index is 612. The minimum Gasteiger partial charge on any atom is -0.496 e. The molecule has 0 aliphatic rings. The second kappa shape index (κ2) is 8.06. The fraction of sp³-hybridized carbons (Fsp3) is 0.200. The van der Waals surface area contributed by atoms with Crippen LogP contribution in [0.1, 0.15) is 11.6 Å². The number of benzene rings is 2. The lowest BCUT2D eigenvalue weighted by Gasteiger charge is -2.19.